The number of ether oxygens (including phenoxy) is 2. The number of methoxy groups -OCH3 is 1. The number of nitrogens with one attached hydrogen (secondary N) is 1. The highest BCUT2D eigenvalue weighted by atomic mass is 32.1. The van der Waals surface area contributed by atoms with Gasteiger partial charge in [0.25, 0.3) is 5.91 Å². The molecular weight excluding hydrogens is 388 g/mol. The molecule has 2 heterocycles. The van der Waals surface area contributed by atoms with E-state index >= 15 is 0 Å². The SMILES string of the molecule is COc1ccc(C(=O)NCCCC(=O)N(Cc2cccs2)CC2CCCO2)cc1. The van der Waals surface area contributed by atoms with Gasteiger partial charge in [0.2, 0.25) is 5.91 Å². The quantitative estimate of drug-likeness (QED) is 0.602. The molecule has 1 aliphatic heterocycles. The number of hydrogen-bond acceptors (Lipinski definition) is 5. The van der Waals surface area contributed by atoms with Gasteiger partial charge in [0.15, 0.2) is 0 Å². The molecule has 0 radical (unpaired) electrons. The monoisotopic (exact) mass is 416 g/mol. The molecule has 6 nitrogen and oxygen atoms in total. The Morgan fingerprint density at radius 1 is 1.28 bits per heavy atom. The summed E-state index contributed by atoms with van der Waals surface area (Å²) in [5.74, 6) is 0.673. The van der Waals surface area contributed by atoms with Gasteiger partial charge in [0.05, 0.1) is 19.8 Å². The van der Waals surface area contributed by atoms with Crippen molar-refractivity contribution in [2.75, 3.05) is 26.8 Å². The first-order valence-electron chi connectivity index (χ1n) is 9.99. The maximum atomic E-state index is 12.8. The first-order chi connectivity index (χ1) is 14.2. The third-order valence-electron chi connectivity index (χ3n) is 4.93. The fourth-order valence-electron chi connectivity index (χ4n) is 3.32. The van der Waals surface area contributed by atoms with Crippen molar-refractivity contribution in [3.05, 3.63) is 52.2 Å². The van der Waals surface area contributed by atoms with Gasteiger partial charge >= 0.3 is 0 Å². The van der Waals surface area contributed by atoms with E-state index in [1.807, 2.05) is 16.3 Å². The van der Waals surface area contributed by atoms with Gasteiger partial charge in [0, 0.05) is 36.6 Å². The van der Waals surface area contributed by atoms with E-state index in [1.54, 1.807) is 42.7 Å². The van der Waals surface area contributed by atoms with Crippen molar-refractivity contribution >= 4 is 23.2 Å². The number of thiophene rings is 1. The van der Waals surface area contributed by atoms with Crippen LogP contribution in [-0.4, -0.2) is 49.6 Å². The Hall–Kier alpha value is -2.38. The lowest BCUT2D eigenvalue weighted by Gasteiger charge is -2.25. The minimum absolute atomic E-state index is 0.104. The molecule has 1 atom stereocenters. The van der Waals surface area contributed by atoms with E-state index in [9.17, 15) is 9.59 Å². The zero-order chi connectivity index (χ0) is 20.5. The summed E-state index contributed by atoms with van der Waals surface area (Å²) in [6.07, 6.45) is 3.21. The molecule has 1 saturated heterocycles. The number of amides is 2. The van der Waals surface area contributed by atoms with E-state index in [0.717, 1.165) is 19.4 Å². The van der Waals surface area contributed by atoms with Crippen molar-refractivity contribution in [1.29, 1.82) is 0 Å². The normalized spacial score (nSPS) is 15.8. The van der Waals surface area contributed by atoms with Gasteiger partial charge in [0.1, 0.15) is 5.75 Å². The largest absolute Gasteiger partial charge is 0.497 e. The van der Waals surface area contributed by atoms with Crippen LogP contribution in [0.25, 0.3) is 0 Å². The lowest BCUT2D eigenvalue weighted by molar-refractivity contribution is -0.133. The number of nitrogens with zero attached hydrogens (tertiary/aromatic N) is 1. The van der Waals surface area contributed by atoms with Crippen LogP contribution >= 0.6 is 11.3 Å². The van der Waals surface area contributed by atoms with Gasteiger partial charge in [-0.15, -0.1) is 11.3 Å². The van der Waals surface area contributed by atoms with Gasteiger partial charge < -0.3 is 19.7 Å². The molecule has 0 bridgehead atoms. The average molecular weight is 417 g/mol. The second kappa shape index (κ2) is 11.0. The van der Waals surface area contributed by atoms with Crippen LogP contribution in [0.2, 0.25) is 0 Å². The van der Waals surface area contributed by atoms with Crippen molar-refractivity contribution in [2.45, 2.75) is 38.3 Å². The zero-order valence-corrected chi connectivity index (χ0v) is 17.6. The van der Waals surface area contributed by atoms with Gasteiger partial charge in [-0.2, -0.15) is 0 Å². The van der Waals surface area contributed by atoms with Crippen LogP contribution in [0.5, 0.6) is 5.75 Å². The molecule has 3 rings (SSSR count). The molecule has 1 fully saturated rings. The van der Waals surface area contributed by atoms with Crippen LogP contribution in [0.3, 0.4) is 0 Å². The average Bonchev–Trinajstić information content (AvgIpc) is 3.45. The highest BCUT2D eigenvalue weighted by Gasteiger charge is 2.22. The summed E-state index contributed by atoms with van der Waals surface area (Å²) in [6, 6.07) is 11.0. The van der Waals surface area contributed by atoms with Crippen molar-refractivity contribution < 1.29 is 19.1 Å². The van der Waals surface area contributed by atoms with E-state index in [1.165, 1.54) is 4.88 Å². The Balaban J connectivity index is 1.45. The van der Waals surface area contributed by atoms with Gasteiger partial charge in [-0.3, -0.25) is 9.59 Å². The van der Waals surface area contributed by atoms with Crippen LogP contribution in [0, 0.1) is 0 Å². The topological polar surface area (TPSA) is 67.9 Å². The molecule has 0 aliphatic carbocycles. The summed E-state index contributed by atoms with van der Waals surface area (Å²) in [6.45, 7) is 2.50. The molecule has 2 aromatic rings. The molecule has 0 spiro atoms. The fourth-order valence-corrected chi connectivity index (χ4v) is 4.04. The second-order valence-corrected chi connectivity index (χ2v) is 8.11. The first-order valence-corrected chi connectivity index (χ1v) is 10.9. The third-order valence-corrected chi connectivity index (χ3v) is 5.79. The summed E-state index contributed by atoms with van der Waals surface area (Å²) in [4.78, 5) is 28.1. The third kappa shape index (κ3) is 6.58. The summed E-state index contributed by atoms with van der Waals surface area (Å²) in [5, 5.41) is 4.90. The second-order valence-electron chi connectivity index (χ2n) is 7.08. The number of carbonyl (C=O) groups is 2. The van der Waals surface area contributed by atoms with Crippen LogP contribution in [-0.2, 0) is 16.1 Å². The molecule has 29 heavy (non-hydrogen) atoms. The maximum Gasteiger partial charge on any atom is 0.251 e. The Morgan fingerprint density at radius 2 is 2.10 bits per heavy atom. The van der Waals surface area contributed by atoms with Gasteiger partial charge in [-0.05, 0) is 55.0 Å². The molecule has 7 heteroatoms. The Morgan fingerprint density at radius 3 is 2.76 bits per heavy atom. The summed E-state index contributed by atoms with van der Waals surface area (Å²) in [5.41, 5.74) is 0.579. The predicted octanol–water partition coefficient (Wildman–Crippen LogP) is 3.47. The highest BCUT2D eigenvalue weighted by Crippen LogP contribution is 2.18. The molecule has 1 aliphatic rings. The van der Waals surface area contributed by atoms with E-state index < -0.39 is 0 Å². The number of rotatable bonds is 10. The van der Waals surface area contributed by atoms with Crippen molar-refractivity contribution in [3.8, 4) is 5.75 Å². The van der Waals surface area contributed by atoms with Crippen LogP contribution < -0.4 is 10.1 Å². The molecule has 0 saturated carbocycles. The van der Waals surface area contributed by atoms with E-state index in [2.05, 4.69) is 11.4 Å². The summed E-state index contributed by atoms with van der Waals surface area (Å²) < 4.78 is 10.8. The Labute approximate surface area is 175 Å². The Kier molecular flexibility index (Phi) is 8.07. The van der Waals surface area contributed by atoms with Crippen molar-refractivity contribution in [1.82, 2.24) is 10.2 Å². The van der Waals surface area contributed by atoms with E-state index in [0.29, 0.717) is 43.8 Å². The molecule has 1 aromatic heterocycles. The van der Waals surface area contributed by atoms with Crippen molar-refractivity contribution in [2.24, 2.45) is 0 Å². The number of carbonyl (C=O) groups excluding carboxylic acids is 2. The van der Waals surface area contributed by atoms with Crippen LogP contribution in [0.1, 0.15) is 40.9 Å². The Bertz CT molecular complexity index is 771. The fraction of sp³-hybridized carbons (Fsp3) is 0.455. The minimum Gasteiger partial charge on any atom is -0.497 e. The molecule has 1 aromatic carbocycles. The molecule has 1 N–H and O–H groups in total. The predicted molar refractivity (Wildman–Crippen MR) is 113 cm³/mol. The van der Waals surface area contributed by atoms with Crippen LogP contribution in [0.4, 0.5) is 0 Å². The standard InChI is InChI=1S/C22H28N2O4S/c1-27-18-10-8-17(9-11-18)22(26)23-12-2-7-21(25)24(15-19-5-3-13-28-19)16-20-6-4-14-29-20/h4,6,8-11,14,19H,2-3,5,7,12-13,15-16H2,1H3,(H,23,26). The molecule has 1 unspecified atom stereocenters. The lowest BCUT2D eigenvalue weighted by Crippen LogP contribution is -2.37. The van der Waals surface area contributed by atoms with Crippen LogP contribution in [0.15, 0.2) is 41.8 Å². The molecule has 2 amide bonds. The minimum atomic E-state index is -0.144. The van der Waals surface area contributed by atoms with E-state index in [4.69, 9.17) is 9.47 Å². The molecule has 156 valence electrons. The number of hydrogen-bond donors (Lipinski definition) is 1. The summed E-state index contributed by atoms with van der Waals surface area (Å²) >= 11 is 1.66. The summed E-state index contributed by atoms with van der Waals surface area (Å²) in [7, 11) is 1.59. The highest BCUT2D eigenvalue weighted by molar-refractivity contribution is 7.09. The lowest BCUT2D eigenvalue weighted by atomic mass is 10.2. The maximum absolute atomic E-state index is 12.8. The first kappa shape index (κ1) is 21.3. The zero-order valence-electron chi connectivity index (χ0n) is 16.8. The molecular formula is C22H28N2O4S. The van der Waals surface area contributed by atoms with Crippen molar-refractivity contribution in [3.63, 3.8) is 0 Å². The van der Waals surface area contributed by atoms with E-state index in [-0.39, 0.29) is 17.9 Å². The van der Waals surface area contributed by atoms with Gasteiger partial charge in [-0.25, -0.2) is 0 Å². The van der Waals surface area contributed by atoms with Gasteiger partial charge in [-0.1, -0.05) is 6.07 Å². The smallest absolute Gasteiger partial charge is 0.251 e. The number of benzene rings is 1.